The van der Waals surface area contributed by atoms with Gasteiger partial charge in [-0.2, -0.15) is 5.26 Å². The minimum atomic E-state index is -0.244. The van der Waals surface area contributed by atoms with Crippen molar-refractivity contribution in [1.29, 1.82) is 5.26 Å². The Morgan fingerprint density at radius 1 is 1.00 bits per heavy atom. The third-order valence-corrected chi connectivity index (χ3v) is 4.91. The van der Waals surface area contributed by atoms with Gasteiger partial charge < -0.3 is 4.57 Å². The first kappa shape index (κ1) is 18.0. The summed E-state index contributed by atoms with van der Waals surface area (Å²) in [7, 11) is 0. The van der Waals surface area contributed by atoms with E-state index in [0.717, 1.165) is 27.6 Å². The van der Waals surface area contributed by atoms with Gasteiger partial charge in [0.25, 0.3) is 0 Å². The van der Waals surface area contributed by atoms with Crippen LogP contribution in [0.5, 0.6) is 0 Å². The summed E-state index contributed by atoms with van der Waals surface area (Å²) in [5.41, 5.74) is 4.43. The van der Waals surface area contributed by atoms with Crippen LogP contribution in [-0.4, -0.2) is 4.57 Å². The highest BCUT2D eigenvalue weighted by Crippen LogP contribution is 2.27. The minimum absolute atomic E-state index is 0.244. The third kappa shape index (κ3) is 3.69. The van der Waals surface area contributed by atoms with Crippen molar-refractivity contribution in [2.24, 2.45) is 0 Å². The first-order valence-electron chi connectivity index (χ1n) is 8.84. The van der Waals surface area contributed by atoms with Gasteiger partial charge in [0.15, 0.2) is 0 Å². The Kier molecular flexibility index (Phi) is 4.97. The molecule has 0 saturated heterocycles. The summed E-state index contributed by atoms with van der Waals surface area (Å²) in [6, 6.07) is 24.1. The molecule has 0 radical (unpaired) electrons. The highest BCUT2D eigenvalue weighted by atomic mass is 35.5. The van der Waals surface area contributed by atoms with E-state index in [0.29, 0.717) is 17.1 Å². The second-order valence-electron chi connectivity index (χ2n) is 6.53. The predicted octanol–water partition coefficient (Wildman–Crippen LogP) is 6.55. The minimum Gasteiger partial charge on any atom is -0.342 e. The zero-order valence-corrected chi connectivity index (χ0v) is 15.7. The van der Waals surface area contributed by atoms with E-state index in [1.165, 1.54) is 12.1 Å². The molecule has 1 aromatic heterocycles. The summed E-state index contributed by atoms with van der Waals surface area (Å²) in [5.74, 6) is -0.244. The molecule has 0 bridgehead atoms. The molecule has 0 fully saturated rings. The maximum atomic E-state index is 13.2. The molecule has 4 aromatic rings. The molecule has 0 amide bonds. The fraction of sp³-hybridized carbons (Fsp3) is 0.0417. The molecule has 0 aliphatic heterocycles. The van der Waals surface area contributed by atoms with Crippen molar-refractivity contribution in [1.82, 2.24) is 4.57 Å². The van der Waals surface area contributed by atoms with Crippen LogP contribution in [0.1, 0.15) is 16.7 Å². The zero-order chi connectivity index (χ0) is 19.5. The van der Waals surface area contributed by atoms with Crippen molar-refractivity contribution < 1.29 is 4.39 Å². The zero-order valence-electron chi connectivity index (χ0n) is 14.9. The number of nitriles is 1. The largest absolute Gasteiger partial charge is 0.342 e. The van der Waals surface area contributed by atoms with Crippen LogP contribution in [0.2, 0.25) is 5.02 Å². The lowest BCUT2D eigenvalue weighted by molar-refractivity contribution is 0.626. The van der Waals surface area contributed by atoms with Gasteiger partial charge in [-0.05, 0) is 47.5 Å². The van der Waals surface area contributed by atoms with Gasteiger partial charge >= 0.3 is 0 Å². The molecule has 136 valence electrons. The van der Waals surface area contributed by atoms with Crippen molar-refractivity contribution in [3.8, 4) is 6.07 Å². The van der Waals surface area contributed by atoms with Crippen molar-refractivity contribution in [3.63, 3.8) is 0 Å². The summed E-state index contributed by atoms with van der Waals surface area (Å²) in [6.45, 7) is 0.622. The number of allylic oxidation sites excluding steroid dienone is 1. The van der Waals surface area contributed by atoms with Crippen molar-refractivity contribution >= 4 is 34.2 Å². The summed E-state index contributed by atoms with van der Waals surface area (Å²) >= 11 is 5.96. The summed E-state index contributed by atoms with van der Waals surface area (Å²) in [6.07, 6.45) is 3.92. The lowest BCUT2D eigenvalue weighted by atomic mass is 10.0. The topological polar surface area (TPSA) is 28.7 Å². The van der Waals surface area contributed by atoms with Gasteiger partial charge in [-0.1, -0.05) is 54.1 Å². The Hall–Kier alpha value is -3.35. The molecule has 4 rings (SSSR count). The number of benzene rings is 3. The Morgan fingerprint density at radius 3 is 2.43 bits per heavy atom. The highest BCUT2D eigenvalue weighted by molar-refractivity contribution is 6.30. The number of hydrogen-bond donors (Lipinski definition) is 0. The molecule has 1 heterocycles. The third-order valence-electron chi connectivity index (χ3n) is 4.66. The maximum Gasteiger partial charge on any atom is 0.123 e. The Labute approximate surface area is 167 Å². The molecule has 2 nitrogen and oxygen atoms in total. The van der Waals surface area contributed by atoms with Crippen LogP contribution in [0, 0.1) is 17.1 Å². The van der Waals surface area contributed by atoms with Gasteiger partial charge in [0.1, 0.15) is 5.82 Å². The lowest BCUT2D eigenvalue weighted by Gasteiger charge is -2.05. The van der Waals surface area contributed by atoms with Crippen LogP contribution in [0.15, 0.2) is 79.0 Å². The van der Waals surface area contributed by atoms with Crippen LogP contribution in [0.4, 0.5) is 4.39 Å². The Bertz CT molecular complexity index is 1200. The van der Waals surface area contributed by atoms with Crippen LogP contribution < -0.4 is 0 Å². The maximum absolute atomic E-state index is 13.2. The normalized spacial score (nSPS) is 11.5. The second-order valence-corrected chi connectivity index (χ2v) is 6.97. The Balaban J connectivity index is 1.78. The highest BCUT2D eigenvalue weighted by Gasteiger charge is 2.09. The monoisotopic (exact) mass is 386 g/mol. The average molecular weight is 387 g/mol. The van der Waals surface area contributed by atoms with Gasteiger partial charge in [0, 0.05) is 34.2 Å². The molecular weight excluding hydrogens is 371 g/mol. The van der Waals surface area contributed by atoms with Crippen molar-refractivity contribution in [2.45, 2.75) is 6.54 Å². The predicted molar refractivity (Wildman–Crippen MR) is 112 cm³/mol. The molecule has 0 N–H and O–H groups in total. The summed E-state index contributed by atoms with van der Waals surface area (Å²) in [5, 5.41) is 11.4. The van der Waals surface area contributed by atoms with E-state index < -0.39 is 0 Å². The molecule has 0 spiro atoms. The van der Waals surface area contributed by atoms with E-state index in [1.807, 2.05) is 48.7 Å². The van der Waals surface area contributed by atoms with E-state index in [2.05, 4.69) is 10.6 Å². The molecule has 0 aliphatic rings. The number of fused-ring (bicyclic) bond motifs is 1. The second kappa shape index (κ2) is 7.72. The average Bonchev–Trinajstić information content (AvgIpc) is 3.06. The van der Waals surface area contributed by atoms with Gasteiger partial charge in [-0.15, -0.1) is 0 Å². The van der Waals surface area contributed by atoms with E-state index >= 15 is 0 Å². The van der Waals surface area contributed by atoms with Gasteiger partial charge in [-0.3, -0.25) is 0 Å². The number of halogens is 2. The van der Waals surface area contributed by atoms with Crippen LogP contribution in [-0.2, 0) is 6.54 Å². The van der Waals surface area contributed by atoms with Crippen molar-refractivity contribution in [3.05, 3.63) is 107 Å². The number of nitrogens with zero attached hydrogens (tertiary/aromatic N) is 2. The van der Waals surface area contributed by atoms with Gasteiger partial charge in [0.2, 0.25) is 0 Å². The van der Waals surface area contributed by atoms with E-state index in [-0.39, 0.29) is 5.82 Å². The van der Waals surface area contributed by atoms with Gasteiger partial charge in [0.05, 0.1) is 11.6 Å². The molecular formula is C24H16ClFN2. The molecule has 0 unspecified atom stereocenters. The molecule has 3 aromatic carbocycles. The van der Waals surface area contributed by atoms with E-state index in [9.17, 15) is 9.65 Å². The number of aromatic nitrogens is 1. The smallest absolute Gasteiger partial charge is 0.123 e. The summed E-state index contributed by atoms with van der Waals surface area (Å²) in [4.78, 5) is 0. The van der Waals surface area contributed by atoms with Crippen LogP contribution >= 0.6 is 11.6 Å². The fourth-order valence-corrected chi connectivity index (χ4v) is 3.40. The number of para-hydroxylation sites is 1. The molecule has 0 atom stereocenters. The van der Waals surface area contributed by atoms with Crippen LogP contribution in [0.25, 0.3) is 22.6 Å². The number of rotatable bonds is 4. The molecule has 4 heteroatoms. The first-order valence-corrected chi connectivity index (χ1v) is 9.22. The quantitative estimate of drug-likeness (QED) is 0.366. The van der Waals surface area contributed by atoms with E-state index in [4.69, 9.17) is 11.6 Å². The molecule has 0 aliphatic carbocycles. The molecule has 28 heavy (non-hydrogen) atoms. The van der Waals surface area contributed by atoms with E-state index in [1.54, 1.807) is 24.3 Å². The summed E-state index contributed by atoms with van der Waals surface area (Å²) < 4.78 is 15.3. The van der Waals surface area contributed by atoms with Gasteiger partial charge in [-0.25, -0.2) is 4.39 Å². The van der Waals surface area contributed by atoms with Crippen molar-refractivity contribution in [2.75, 3.05) is 0 Å². The number of hydrogen-bond acceptors (Lipinski definition) is 1. The fourth-order valence-electron chi connectivity index (χ4n) is 3.27. The molecule has 0 saturated carbocycles. The first-order chi connectivity index (χ1) is 13.6. The SMILES string of the molecule is N#C/C(=C/c1cn(Cc2ccc(F)cc2)c2ccccc12)c1ccc(Cl)cc1. The Morgan fingerprint density at radius 2 is 1.71 bits per heavy atom. The standard InChI is InChI=1S/C24H16ClFN2/c25-21-9-7-18(8-10-21)19(14-27)13-20-16-28(24-4-2-1-3-23(20)24)15-17-5-11-22(26)12-6-17/h1-13,16H,15H2/b19-13-. The lowest BCUT2D eigenvalue weighted by Crippen LogP contribution is -1.97. The van der Waals surface area contributed by atoms with Crippen LogP contribution in [0.3, 0.4) is 0 Å².